The van der Waals surface area contributed by atoms with E-state index in [1.54, 1.807) is 0 Å². The number of fused-ring (bicyclic) bond motifs is 4. The van der Waals surface area contributed by atoms with Gasteiger partial charge in [-0.05, 0) is 61.6 Å². The first kappa shape index (κ1) is 22.7. The third kappa shape index (κ3) is 2.64. The Kier molecular flexibility index (Phi) is 4.70. The first-order valence-corrected chi connectivity index (χ1v) is 14.1. The molecule has 0 radical (unpaired) electrons. The van der Waals surface area contributed by atoms with Crippen molar-refractivity contribution in [1.82, 2.24) is 9.47 Å². The summed E-state index contributed by atoms with van der Waals surface area (Å²) in [5.74, 6) is 0.939. The number of likely N-dealkylation sites (tertiary alicyclic amines) is 1. The minimum absolute atomic E-state index is 0.184. The minimum Gasteiger partial charge on any atom is -0.504 e. The molecule has 3 aromatic carbocycles. The number of hydrogen-bond donors (Lipinski definition) is 1. The summed E-state index contributed by atoms with van der Waals surface area (Å²) in [6.45, 7) is 4.80. The number of rotatable bonds is 5. The van der Waals surface area contributed by atoms with Gasteiger partial charge in [-0.1, -0.05) is 54.6 Å². The van der Waals surface area contributed by atoms with E-state index in [0.717, 1.165) is 38.8 Å². The van der Waals surface area contributed by atoms with Crippen molar-refractivity contribution in [2.45, 2.75) is 55.8 Å². The molecule has 2 aliphatic carbocycles. The average molecular weight is 507 g/mol. The number of piperidine rings is 1. The number of nitrogens with zero attached hydrogens (tertiary/aromatic N) is 2. The van der Waals surface area contributed by atoms with E-state index >= 15 is 0 Å². The van der Waals surface area contributed by atoms with Gasteiger partial charge < -0.3 is 19.1 Å². The lowest BCUT2D eigenvalue weighted by molar-refractivity contribution is -0.202. The van der Waals surface area contributed by atoms with Crippen LogP contribution in [0.25, 0.3) is 10.9 Å². The van der Waals surface area contributed by atoms with Crippen LogP contribution in [0.4, 0.5) is 0 Å². The molecule has 194 valence electrons. The monoisotopic (exact) mass is 506 g/mol. The SMILES string of the molecule is CCO[C@@]12Cc3c(n(C)c4ccccc34)[C@@H]3Oc4c(O)ccc5c4[C@@]31CCN(CCc1ccccc1)[C@H]2C5. The van der Waals surface area contributed by atoms with E-state index in [2.05, 4.69) is 84.1 Å². The maximum Gasteiger partial charge on any atom is 0.166 e. The lowest BCUT2D eigenvalue weighted by Crippen LogP contribution is -2.75. The number of aryl methyl sites for hydroxylation is 1. The van der Waals surface area contributed by atoms with E-state index < -0.39 is 5.60 Å². The Morgan fingerprint density at radius 3 is 2.71 bits per heavy atom. The fourth-order valence-corrected chi connectivity index (χ4v) is 8.77. The van der Waals surface area contributed by atoms with Crippen LogP contribution < -0.4 is 4.74 Å². The Morgan fingerprint density at radius 1 is 1.05 bits per heavy atom. The number of aromatic hydroxyl groups is 1. The topological polar surface area (TPSA) is 46.9 Å². The predicted molar refractivity (Wildman–Crippen MR) is 148 cm³/mol. The van der Waals surface area contributed by atoms with Crippen molar-refractivity contribution in [3.63, 3.8) is 0 Å². The van der Waals surface area contributed by atoms with Crippen LogP contribution in [0.1, 0.15) is 47.4 Å². The molecule has 1 fully saturated rings. The molecule has 0 unspecified atom stereocenters. The lowest BCUT2D eigenvalue weighted by Gasteiger charge is -2.64. The van der Waals surface area contributed by atoms with Gasteiger partial charge in [0.05, 0.1) is 11.1 Å². The molecule has 5 heteroatoms. The van der Waals surface area contributed by atoms with Gasteiger partial charge in [0.15, 0.2) is 17.6 Å². The Bertz CT molecular complexity index is 1580. The molecule has 4 aromatic rings. The van der Waals surface area contributed by atoms with Crippen LogP contribution in [0, 0.1) is 0 Å². The number of hydrogen-bond acceptors (Lipinski definition) is 4. The van der Waals surface area contributed by atoms with E-state index in [0.29, 0.717) is 12.4 Å². The van der Waals surface area contributed by atoms with Crippen molar-refractivity contribution < 1.29 is 14.6 Å². The normalized spacial score (nSPS) is 28.7. The molecular formula is C33H34N2O3. The van der Waals surface area contributed by atoms with E-state index in [-0.39, 0.29) is 23.3 Å². The first-order valence-electron chi connectivity index (χ1n) is 14.1. The van der Waals surface area contributed by atoms with Crippen molar-refractivity contribution in [2.24, 2.45) is 7.05 Å². The standard InChI is InChI=1S/C33H34N2O3/c1-3-37-33-20-24-23-11-7-8-12-25(23)34(2)29(24)31-32(33)16-18-35(17-15-21-9-5-4-6-10-21)27(33)19-22-13-14-26(36)30(38-31)28(22)32/h4-14,27,31,36H,3,15-20H2,1-2H3/t27-,31-,32-,33+/m0/s1. The molecule has 38 heavy (non-hydrogen) atoms. The molecule has 1 N–H and O–H groups in total. The Labute approximate surface area is 223 Å². The highest BCUT2D eigenvalue weighted by Gasteiger charge is 2.74. The fourth-order valence-electron chi connectivity index (χ4n) is 8.77. The highest BCUT2D eigenvalue weighted by Crippen LogP contribution is 2.70. The molecule has 1 spiro atoms. The second-order valence-corrected chi connectivity index (χ2v) is 11.6. The summed E-state index contributed by atoms with van der Waals surface area (Å²) in [5.41, 5.74) is 6.99. The Balaban J connectivity index is 1.36. The van der Waals surface area contributed by atoms with E-state index in [9.17, 15) is 5.11 Å². The third-order valence-electron chi connectivity index (χ3n) is 10.2. The number of phenols is 1. The van der Waals surface area contributed by atoms with Gasteiger partial charge in [-0.25, -0.2) is 0 Å². The smallest absolute Gasteiger partial charge is 0.166 e. The van der Waals surface area contributed by atoms with Crippen molar-refractivity contribution in [2.75, 3.05) is 19.7 Å². The zero-order valence-electron chi connectivity index (χ0n) is 22.1. The lowest BCUT2D eigenvalue weighted by atomic mass is 9.48. The average Bonchev–Trinajstić information content (AvgIpc) is 3.42. The Morgan fingerprint density at radius 2 is 1.87 bits per heavy atom. The molecule has 0 saturated carbocycles. The summed E-state index contributed by atoms with van der Waals surface area (Å²) < 4.78 is 16.4. The number of ether oxygens (including phenoxy) is 2. The van der Waals surface area contributed by atoms with Gasteiger partial charge in [-0.3, -0.25) is 4.90 Å². The van der Waals surface area contributed by atoms with Crippen LogP contribution in [0.5, 0.6) is 11.5 Å². The predicted octanol–water partition coefficient (Wildman–Crippen LogP) is 5.46. The zero-order chi connectivity index (χ0) is 25.6. The van der Waals surface area contributed by atoms with Gasteiger partial charge >= 0.3 is 0 Å². The number of phenolic OH excluding ortho intramolecular Hbond substituents is 1. The van der Waals surface area contributed by atoms with Gasteiger partial charge in [-0.2, -0.15) is 0 Å². The van der Waals surface area contributed by atoms with Crippen molar-refractivity contribution in [1.29, 1.82) is 0 Å². The summed E-state index contributed by atoms with van der Waals surface area (Å²) >= 11 is 0. The second kappa shape index (κ2) is 7.87. The Hall–Kier alpha value is -3.28. The molecule has 0 amide bonds. The molecule has 4 aliphatic rings. The fraction of sp³-hybridized carbons (Fsp3) is 0.394. The summed E-state index contributed by atoms with van der Waals surface area (Å²) in [6.07, 6.45) is 3.57. The summed E-state index contributed by atoms with van der Waals surface area (Å²) in [6, 6.07) is 23.8. The van der Waals surface area contributed by atoms with Crippen LogP contribution in [-0.4, -0.2) is 45.9 Å². The van der Waals surface area contributed by atoms with Crippen molar-refractivity contribution in [3.05, 3.63) is 94.7 Å². The van der Waals surface area contributed by atoms with Crippen molar-refractivity contribution in [3.8, 4) is 11.5 Å². The molecule has 2 aliphatic heterocycles. The molecule has 3 heterocycles. The highest BCUT2D eigenvalue weighted by molar-refractivity contribution is 5.87. The van der Waals surface area contributed by atoms with Gasteiger partial charge in [-0.15, -0.1) is 0 Å². The zero-order valence-corrected chi connectivity index (χ0v) is 22.1. The third-order valence-corrected chi connectivity index (χ3v) is 10.2. The van der Waals surface area contributed by atoms with Gasteiger partial charge in [0, 0.05) is 49.1 Å². The van der Waals surface area contributed by atoms with Crippen LogP contribution in [0.2, 0.25) is 0 Å². The maximum absolute atomic E-state index is 11.1. The first-order chi connectivity index (χ1) is 18.6. The molecule has 4 atom stereocenters. The molecule has 8 rings (SSSR count). The second-order valence-electron chi connectivity index (χ2n) is 11.6. The molecule has 1 aromatic heterocycles. The van der Waals surface area contributed by atoms with Crippen LogP contribution in [0.3, 0.4) is 0 Å². The van der Waals surface area contributed by atoms with Crippen LogP contribution >= 0.6 is 0 Å². The van der Waals surface area contributed by atoms with E-state index in [1.165, 1.54) is 38.9 Å². The van der Waals surface area contributed by atoms with Gasteiger partial charge in [0.25, 0.3) is 0 Å². The minimum atomic E-state index is -0.426. The molecule has 5 nitrogen and oxygen atoms in total. The number of benzene rings is 3. The van der Waals surface area contributed by atoms with Crippen LogP contribution in [0.15, 0.2) is 66.7 Å². The summed E-state index contributed by atoms with van der Waals surface area (Å²) in [5, 5.41) is 12.4. The van der Waals surface area contributed by atoms with Crippen molar-refractivity contribution >= 4 is 10.9 Å². The number of para-hydroxylation sites is 1. The number of aromatic nitrogens is 1. The molecule has 1 saturated heterocycles. The summed E-state index contributed by atoms with van der Waals surface area (Å²) in [4.78, 5) is 2.70. The van der Waals surface area contributed by atoms with Gasteiger partial charge in [0.2, 0.25) is 0 Å². The maximum atomic E-state index is 11.1. The molecule has 2 bridgehead atoms. The van der Waals surface area contributed by atoms with Gasteiger partial charge in [0.1, 0.15) is 5.60 Å². The molecular weight excluding hydrogens is 472 g/mol. The van der Waals surface area contributed by atoms with E-state index in [4.69, 9.17) is 9.47 Å². The van der Waals surface area contributed by atoms with Crippen LogP contribution in [-0.2, 0) is 36.5 Å². The highest BCUT2D eigenvalue weighted by atomic mass is 16.5. The van der Waals surface area contributed by atoms with E-state index in [1.807, 2.05) is 6.07 Å². The largest absolute Gasteiger partial charge is 0.504 e. The quantitative estimate of drug-likeness (QED) is 0.391. The summed E-state index contributed by atoms with van der Waals surface area (Å²) in [7, 11) is 2.17.